The molecule has 0 spiro atoms. The van der Waals surface area contributed by atoms with E-state index in [0.717, 1.165) is 18.7 Å². The molecule has 0 amide bonds. The third kappa shape index (κ3) is 3.27. The number of aliphatic imine (C=N–C) groups is 1. The van der Waals surface area contributed by atoms with Gasteiger partial charge in [0.15, 0.2) is 5.96 Å². The van der Waals surface area contributed by atoms with Crippen molar-refractivity contribution in [3.63, 3.8) is 0 Å². The normalized spacial score (nSPS) is 11.8. The van der Waals surface area contributed by atoms with Crippen molar-refractivity contribution in [2.45, 2.75) is 20.4 Å². The first-order valence-electron chi connectivity index (χ1n) is 5.19. The van der Waals surface area contributed by atoms with Crippen LogP contribution in [0.5, 0.6) is 0 Å². The first-order chi connectivity index (χ1) is 7.17. The van der Waals surface area contributed by atoms with Crippen LogP contribution in [0.25, 0.3) is 0 Å². The lowest BCUT2D eigenvalue weighted by Gasteiger charge is -2.19. The van der Waals surface area contributed by atoms with E-state index in [1.54, 1.807) is 10.9 Å². The van der Waals surface area contributed by atoms with Crippen molar-refractivity contribution in [3.05, 3.63) is 18.0 Å². The van der Waals surface area contributed by atoms with E-state index in [1.165, 1.54) is 0 Å². The number of hydrogen-bond acceptors (Lipinski definition) is 2. The monoisotopic (exact) mass is 209 g/mol. The number of nitrogens with zero attached hydrogens (tertiary/aromatic N) is 4. The van der Waals surface area contributed by atoms with Gasteiger partial charge in [0.1, 0.15) is 0 Å². The van der Waals surface area contributed by atoms with Crippen LogP contribution in [0.1, 0.15) is 19.4 Å². The van der Waals surface area contributed by atoms with E-state index in [4.69, 9.17) is 5.73 Å². The summed E-state index contributed by atoms with van der Waals surface area (Å²) in [5, 5.41) is 4.07. The van der Waals surface area contributed by atoms with Gasteiger partial charge in [0.2, 0.25) is 0 Å². The number of aryl methyl sites for hydroxylation is 1. The smallest absolute Gasteiger partial charge is 0.191 e. The quantitative estimate of drug-likeness (QED) is 0.583. The van der Waals surface area contributed by atoms with E-state index >= 15 is 0 Å². The van der Waals surface area contributed by atoms with Crippen LogP contribution < -0.4 is 5.73 Å². The largest absolute Gasteiger partial charge is 0.370 e. The van der Waals surface area contributed by atoms with E-state index in [0.29, 0.717) is 12.5 Å². The lowest BCUT2D eigenvalue weighted by Crippen LogP contribution is -2.36. The molecular weight excluding hydrogens is 190 g/mol. The second-order valence-corrected chi connectivity index (χ2v) is 3.37. The molecule has 0 aromatic carbocycles. The van der Waals surface area contributed by atoms with Gasteiger partial charge in [0, 0.05) is 31.9 Å². The van der Waals surface area contributed by atoms with Gasteiger partial charge in [-0.2, -0.15) is 5.10 Å². The molecule has 0 atom stereocenters. The molecule has 1 heterocycles. The minimum absolute atomic E-state index is 0.593. The van der Waals surface area contributed by atoms with E-state index in [1.807, 2.05) is 18.1 Å². The van der Waals surface area contributed by atoms with Gasteiger partial charge in [-0.1, -0.05) is 0 Å². The fourth-order valence-corrected chi connectivity index (χ4v) is 1.37. The van der Waals surface area contributed by atoms with Crippen LogP contribution in [-0.4, -0.2) is 33.7 Å². The fourth-order valence-electron chi connectivity index (χ4n) is 1.37. The Balaban J connectivity index is 2.56. The van der Waals surface area contributed by atoms with Crippen LogP contribution in [0.15, 0.2) is 17.4 Å². The molecule has 5 nitrogen and oxygen atoms in total. The summed E-state index contributed by atoms with van der Waals surface area (Å²) >= 11 is 0. The van der Waals surface area contributed by atoms with Crippen molar-refractivity contribution in [2.24, 2.45) is 17.8 Å². The summed E-state index contributed by atoms with van der Waals surface area (Å²) in [6.07, 6.45) is 3.75. The zero-order chi connectivity index (χ0) is 11.3. The van der Waals surface area contributed by atoms with E-state index in [9.17, 15) is 0 Å². The fraction of sp³-hybridized carbons (Fsp3) is 0.600. The Morgan fingerprint density at radius 1 is 1.53 bits per heavy atom. The molecule has 0 radical (unpaired) electrons. The number of rotatable bonds is 4. The predicted octanol–water partition coefficient (Wildman–Crippen LogP) is 0.577. The molecule has 0 aliphatic rings. The Bertz CT molecular complexity index is 324. The van der Waals surface area contributed by atoms with Gasteiger partial charge in [-0.3, -0.25) is 4.68 Å². The van der Waals surface area contributed by atoms with Gasteiger partial charge < -0.3 is 10.6 Å². The summed E-state index contributed by atoms with van der Waals surface area (Å²) in [4.78, 5) is 6.34. The number of aromatic nitrogens is 2. The van der Waals surface area contributed by atoms with Crippen LogP contribution in [0.4, 0.5) is 0 Å². The third-order valence-electron chi connectivity index (χ3n) is 2.27. The maximum Gasteiger partial charge on any atom is 0.191 e. The molecule has 0 fully saturated rings. The van der Waals surface area contributed by atoms with Crippen molar-refractivity contribution < 1.29 is 0 Å². The molecule has 0 aliphatic carbocycles. The molecule has 1 aromatic heterocycles. The molecule has 5 heteroatoms. The summed E-state index contributed by atoms with van der Waals surface area (Å²) < 4.78 is 1.76. The molecule has 0 unspecified atom stereocenters. The lowest BCUT2D eigenvalue weighted by atomic mass is 10.4. The van der Waals surface area contributed by atoms with E-state index in [2.05, 4.69) is 23.9 Å². The van der Waals surface area contributed by atoms with Crippen LogP contribution in [0, 0.1) is 0 Å². The van der Waals surface area contributed by atoms with Gasteiger partial charge in [-0.15, -0.1) is 0 Å². The Kier molecular flexibility index (Phi) is 4.15. The minimum Gasteiger partial charge on any atom is -0.370 e. The van der Waals surface area contributed by atoms with Gasteiger partial charge >= 0.3 is 0 Å². The molecule has 0 saturated carbocycles. The Morgan fingerprint density at radius 3 is 2.67 bits per heavy atom. The maximum atomic E-state index is 5.84. The Hall–Kier alpha value is -1.52. The van der Waals surface area contributed by atoms with Crippen molar-refractivity contribution in [3.8, 4) is 0 Å². The van der Waals surface area contributed by atoms with Gasteiger partial charge in [0.25, 0.3) is 0 Å². The van der Waals surface area contributed by atoms with E-state index in [-0.39, 0.29) is 0 Å². The number of guanidine groups is 1. The van der Waals surface area contributed by atoms with Crippen LogP contribution in [0.2, 0.25) is 0 Å². The zero-order valence-corrected chi connectivity index (χ0v) is 9.64. The first kappa shape index (κ1) is 11.6. The van der Waals surface area contributed by atoms with Gasteiger partial charge in [0.05, 0.1) is 12.7 Å². The Labute approximate surface area is 90.6 Å². The molecular formula is C10H19N5. The van der Waals surface area contributed by atoms with Gasteiger partial charge in [-0.05, 0) is 13.8 Å². The standard InChI is InChI=1S/C10H19N5/c1-4-15(5-2)10(11)12-6-9-7-13-14(3)8-9/h7-8H,4-6H2,1-3H3,(H2,11,12). The molecule has 0 bridgehead atoms. The zero-order valence-electron chi connectivity index (χ0n) is 9.64. The minimum atomic E-state index is 0.593. The highest BCUT2D eigenvalue weighted by Crippen LogP contribution is 1.99. The summed E-state index contributed by atoms with van der Waals surface area (Å²) in [5.41, 5.74) is 6.92. The van der Waals surface area contributed by atoms with Crippen molar-refractivity contribution in [1.29, 1.82) is 0 Å². The summed E-state index contributed by atoms with van der Waals surface area (Å²) in [5.74, 6) is 0.601. The summed E-state index contributed by atoms with van der Waals surface area (Å²) in [7, 11) is 1.89. The van der Waals surface area contributed by atoms with Crippen LogP contribution in [0.3, 0.4) is 0 Å². The Morgan fingerprint density at radius 2 is 2.20 bits per heavy atom. The van der Waals surface area contributed by atoms with E-state index < -0.39 is 0 Å². The average molecular weight is 209 g/mol. The summed E-state index contributed by atoms with van der Waals surface area (Å²) in [6.45, 7) is 6.50. The SMILES string of the molecule is CCN(CC)C(N)=NCc1cnn(C)c1. The molecule has 15 heavy (non-hydrogen) atoms. The highest BCUT2D eigenvalue weighted by molar-refractivity contribution is 5.77. The molecule has 2 N–H and O–H groups in total. The second kappa shape index (κ2) is 5.38. The number of nitrogens with two attached hydrogens (primary N) is 1. The molecule has 0 saturated heterocycles. The molecule has 0 aliphatic heterocycles. The van der Waals surface area contributed by atoms with Crippen LogP contribution >= 0.6 is 0 Å². The molecule has 84 valence electrons. The average Bonchev–Trinajstić information content (AvgIpc) is 2.63. The molecule has 1 rings (SSSR count). The van der Waals surface area contributed by atoms with Crippen molar-refractivity contribution in [1.82, 2.24) is 14.7 Å². The predicted molar refractivity (Wildman–Crippen MR) is 61.5 cm³/mol. The first-order valence-corrected chi connectivity index (χ1v) is 5.19. The lowest BCUT2D eigenvalue weighted by molar-refractivity contribution is 0.458. The molecule has 1 aromatic rings. The highest BCUT2D eigenvalue weighted by Gasteiger charge is 2.01. The second-order valence-electron chi connectivity index (χ2n) is 3.37. The topological polar surface area (TPSA) is 59.4 Å². The van der Waals surface area contributed by atoms with Crippen molar-refractivity contribution in [2.75, 3.05) is 13.1 Å². The third-order valence-corrected chi connectivity index (χ3v) is 2.27. The number of hydrogen-bond donors (Lipinski definition) is 1. The highest BCUT2D eigenvalue weighted by atomic mass is 15.3. The van der Waals surface area contributed by atoms with Crippen molar-refractivity contribution >= 4 is 5.96 Å². The maximum absolute atomic E-state index is 5.84. The summed E-state index contributed by atoms with van der Waals surface area (Å²) in [6, 6.07) is 0. The van der Waals surface area contributed by atoms with Gasteiger partial charge in [-0.25, -0.2) is 4.99 Å². The van der Waals surface area contributed by atoms with Crippen LogP contribution in [-0.2, 0) is 13.6 Å².